The van der Waals surface area contributed by atoms with Crippen LogP contribution in [-0.2, 0) is 7.05 Å². The molecule has 1 aliphatic heterocycles. The maximum absolute atomic E-state index is 5.89. The second-order valence-corrected chi connectivity index (χ2v) is 6.07. The van der Waals surface area contributed by atoms with Crippen LogP contribution in [0, 0.1) is 6.92 Å². The maximum Gasteiger partial charge on any atom is 0.224 e. The predicted molar refractivity (Wildman–Crippen MR) is 94.1 cm³/mol. The molecular weight excluding hydrogens is 304 g/mol. The molecule has 1 saturated heterocycles. The molecule has 0 atom stereocenters. The molecule has 2 N–H and O–H groups in total. The van der Waals surface area contributed by atoms with Crippen molar-refractivity contribution in [2.24, 2.45) is 7.05 Å². The molecule has 0 radical (unpaired) electrons. The Bertz CT molecular complexity index is 879. The lowest BCUT2D eigenvalue weighted by Gasteiger charge is -2.37. The fourth-order valence-electron chi connectivity index (χ4n) is 3.21. The summed E-state index contributed by atoms with van der Waals surface area (Å²) in [5, 5.41) is 0. The van der Waals surface area contributed by atoms with Gasteiger partial charge in [-0.25, -0.2) is 4.98 Å². The van der Waals surface area contributed by atoms with E-state index in [-0.39, 0.29) is 5.95 Å². The van der Waals surface area contributed by atoms with Crippen molar-refractivity contribution in [3.8, 4) is 0 Å². The van der Waals surface area contributed by atoms with Gasteiger partial charge in [-0.15, -0.1) is 0 Å². The van der Waals surface area contributed by atoms with Crippen molar-refractivity contribution in [2.75, 3.05) is 41.7 Å². The Morgan fingerprint density at radius 3 is 2.58 bits per heavy atom. The summed E-state index contributed by atoms with van der Waals surface area (Å²) in [4.78, 5) is 22.0. The number of nitrogen functional groups attached to an aromatic ring is 1. The summed E-state index contributed by atoms with van der Waals surface area (Å²) in [6, 6.07) is 2.07. The van der Waals surface area contributed by atoms with E-state index < -0.39 is 0 Å². The van der Waals surface area contributed by atoms with Crippen molar-refractivity contribution in [1.82, 2.24) is 24.5 Å². The lowest BCUT2D eigenvalue weighted by Crippen LogP contribution is -2.47. The molecule has 0 spiro atoms. The number of piperazine rings is 1. The first kappa shape index (κ1) is 14.7. The van der Waals surface area contributed by atoms with Crippen molar-refractivity contribution in [3.05, 3.63) is 30.4 Å². The van der Waals surface area contributed by atoms with E-state index in [1.165, 1.54) is 11.3 Å². The average Bonchev–Trinajstić information content (AvgIpc) is 2.96. The third kappa shape index (κ3) is 2.40. The van der Waals surface area contributed by atoms with Crippen LogP contribution >= 0.6 is 0 Å². The standard InChI is InChI=1S/C16H20N8/c1-11-9-18-4-3-12(11)23-5-7-24(8-6-23)15-13-14(20-16(17)21-15)22(2)10-19-13/h3-4,9-10H,5-8H2,1-2H3,(H2,17,20,21). The molecule has 3 aromatic rings. The fraction of sp³-hybridized carbons (Fsp3) is 0.375. The van der Waals surface area contributed by atoms with Crippen LogP contribution in [0.1, 0.15) is 5.56 Å². The van der Waals surface area contributed by atoms with Gasteiger partial charge in [0.2, 0.25) is 5.95 Å². The number of imidazole rings is 1. The average molecular weight is 324 g/mol. The monoisotopic (exact) mass is 324 g/mol. The van der Waals surface area contributed by atoms with Gasteiger partial charge in [-0.05, 0) is 18.6 Å². The van der Waals surface area contributed by atoms with E-state index in [1.54, 1.807) is 6.33 Å². The van der Waals surface area contributed by atoms with E-state index in [4.69, 9.17) is 5.73 Å². The minimum Gasteiger partial charge on any atom is -0.368 e. The number of pyridine rings is 1. The van der Waals surface area contributed by atoms with E-state index in [0.29, 0.717) is 0 Å². The molecule has 0 aliphatic carbocycles. The first-order chi connectivity index (χ1) is 11.6. The molecule has 0 unspecified atom stereocenters. The van der Waals surface area contributed by atoms with Gasteiger partial charge < -0.3 is 20.1 Å². The number of hydrogen-bond donors (Lipinski definition) is 1. The number of anilines is 3. The molecule has 0 saturated carbocycles. The van der Waals surface area contributed by atoms with E-state index in [1.807, 2.05) is 24.0 Å². The third-order valence-electron chi connectivity index (χ3n) is 4.47. The van der Waals surface area contributed by atoms with Crippen LogP contribution in [0.5, 0.6) is 0 Å². The highest BCUT2D eigenvalue weighted by molar-refractivity contribution is 5.84. The number of aromatic nitrogens is 5. The Kier molecular flexibility index (Phi) is 3.44. The summed E-state index contributed by atoms with van der Waals surface area (Å²) >= 11 is 0. The third-order valence-corrected chi connectivity index (χ3v) is 4.47. The molecule has 24 heavy (non-hydrogen) atoms. The van der Waals surface area contributed by atoms with Crippen LogP contribution < -0.4 is 15.5 Å². The highest BCUT2D eigenvalue weighted by Gasteiger charge is 2.23. The molecule has 124 valence electrons. The Morgan fingerprint density at radius 2 is 1.83 bits per heavy atom. The summed E-state index contributed by atoms with van der Waals surface area (Å²) < 4.78 is 1.87. The summed E-state index contributed by atoms with van der Waals surface area (Å²) in [5.74, 6) is 1.11. The van der Waals surface area contributed by atoms with E-state index >= 15 is 0 Å². The zero-order valence-electron chi connectivity index (χ0n) is 13.8. The first-order valence-corrected chi connectivity index (χ1v) is 7.98. The number of rotatable bonds is 2. The van der Waals surface area contributed by atoms with Gasteiger partial charge in [0.1, 0.15) is 0 Å². The smallest absolute Gasteiger partial charge is 0.224 e. The van der Waals surface area contributed by atoms with E-state index in [2.05, 4.69) is 42.7 Å². The quantitative estimate of drug-likeness (QED) is 0.751. The molecule has 4 heterocycles. The first-order valence-electron chi connectivity index (χ1n) is 7.98. The number of nitrogens with two attached hydrogens (primary N) is 1. The van der Waals surface area contributed by atoms with Crippen LogP contribution in [0.25, 0.3) is 11.2 Å². The molecule has 4 rings (SSSR count). The van der Waals surface area contributed by atoms with Crippen LogP contribution in [0.15, 0.2) is 24.8 Å². The Labute approximate surface area is 140 Å². The summed E-state index contributed by atoms with van der Waals surface area (Å²) in [5.41, 5.74) is 9.91. The zero-order chi connectivity index (χ0) is 16.7. The Balaban J connectivity index is 1.59. The number of nitrogens with zero attached hydrogens (tertiary/aromatic N) is 7. The van der Waals surface area contributed by atoms with Crippen LogP contribution in [0.2, 0.25) is 0 Å². The number of hydrogen-bond acceptors (Lipinski definition) is 7. The van der Waals surface area contributed by atoms with Crippen molar-refractivity contribution in [2.45, 2.75) is 6.92 Å². The molecular formula is C16H20N8. The fourth-order valence-corrected chi connectivity index (χ4v) is 3.21. The second kappa shape index (κ2) is 5.63. The minimum absolute atomic E-state index is 0.286. The molecule has 0 amide bonds. The SMILES string of the molecule is Cc1cnccc1N1CCN(c2nc(N)nc3c2ncn3C)CC1. The number of fused-ring (bicyclic) bond motifs is 1. The summed E-state index contributed by atoms with van der Waals surface area (Å²) in [7, 11) is 1.91. The van der Waals surface area contributed by atoms with Gasteiger partial charge in [0.25, 0.3) is 0 Å². The van der Waals surface area contributed by atoms with Crippen LogP contribution in [0.3, 0.4) is 0 Å². The van der Waals surface area contributed by atoms with Crippen LogP contribution in [-0.4, -0.2) is 50.7 Å². The minimum atomic E-state index is 0.286. The van der Waals surface area contributed by atoms with Gasteiger partial charge in [-0.2, -0.15) is 9.97 Å². The molecule has 8 heteroatoms. The lowest BCUT2D eigenvalue weighted by atomic mass is 10.2. The summed E-state index contributed by atoms with van der Waals surface area (Å²) in [6.45, 7) is 5.66. The topological polar surface area (TPSA) is 89.0 Å². The van der Waals surface area contributed by atoms with Gasteiger partial charge in [0.05, 0.1) is 6.33 Å². The van der Waals surface area contributed by atoms with E-state index in [0.717, 1.165) is 43.2 Å². The highest BCUT2D eigenvalue weighted by Crippen LogP contribution is 2.26. The predicted octanol–water partition coefficient (Wildman–Crippen LogP) is 0.976. The molecule has 0 aromatic carbocycles. The Morgan fingerprint density at radius 1 is 1.08 bits per heavy atom. The Hall–Kier alpha value is -2.90. The van der Waals surface area contributed by atoms with Crippen LogP contribution in [0.4, 0.5) is 17.5 Å². The second-order valence-electron chi connectivity index (χ2n) is 6.07. The molecule has 3 aromatic heterocycles. The van der Waals surface area contributed by atoms with E-state index in [9.17, 15) is 0 Å². The highest BCUT2D eigenvalue weighted by atomic mass is 15.3. The van der Waals surface area contributed by atoms with Gasteiger partial charge in [-0.3, -0.25) is 4.98 Å². The normalized spacial score (nSPS) is 15.2. The summed E-state index contributed by atoms with van der Waals surface area (Å²) in [6.07, 6.45) is 5.50. The largest absolute Gasteiger partial charge is 0.368 e. The maximum atomic E-state index is 5.89. The zero-order valence-corrected chi connectivity index (χ0v) is 13.8. The van der Waals surface area contributed by atoms with Gasteiger partial charge in [0.15, 0.2) is 17.0 Å². The van der Waals surface area contributed by atoms with Gasteiger partial charge >= 0.3 is 0 Å². The van der Waals surface area contributed by atoms with Crippen molar-refractivity contribution >= 4 is 28.6 Å². The number of aryl methyl sites for hydroxylation is 2. The molecule has 1 aliphatic rings. The van der Waals surface area contributed by atoms with Gasteiger partial charge in [-0.1, -0.05) is 0 Å². The van der Waals surface area contributed by atoms with Crippen molar-refractivity contribution in [1.29, 1.82) is 0 Å². The molecule has 0 bridgehead atoms. The van der Waals surface area contributed by atoms with Gasteiger partial charge in [0, 0.05) is 51.3 Å². The molecule has 8 nitrogen and oxygen atoms in total. The lowest BCUT2D eigenvalue weighted by molar-refractivity contribution is 0.647. The van der Waals surface area contributed by atoms with Crippen molar-refractivity contribution < 1.29 is 0 Å². The molecule has 1 fully saturated rings. The van der Waals surface area contributed by atoms with Crippen molar-refractivity contribution in [3.63, 3.8) is 0 Å².